The van der Waals surface area contributed by atoms with E-state index < -0.39 is 6.61 Å². The molecule has 0 saturated heterocycles. The number of alkyl halides is 2. The Morgan fingerprint density at radius 3 is 2.59 bits per heavy atom. The standard InChI is InChI=1S/C23H19F2NO3/c1-26(13-15-6-9-18(10-7-15)29-23(24)25)21(27)12-17-14-28-20-11-8-16-4-2-3-5-19(16)22(17)20/h2-11,14,23H,12-13H2,1H3. The van der Waals surface area contributed by atoms with E-state index in [2.05, 4.69) is 4.74 Å². The van der Waals surface area contributed by atoms with E-state index in [0.717, 1.165) is 32.9 Å². The Balaban J connectivity index is 1.50. The van der Waals surface area contributed by atoms with Gasteiger partial charge in [0, 0.05) is 24.5 Å². The normalized spacial score (nSPS) is 11.3. The van der Waals surface area contributed by atoms with Gasteiger partial charge in [-0.1, -0.05) is 42.5 Å². The second-order valence-corrected chi connectivity index (χ2v) is 6.87. The summed E-state index contributed by atoms with van der Waals surface area (Å²) in [6.07, 6.45) is 1.85. The van der Waals surface area contributed by atoms with Gasteiger partial charge < -0.3 is 14.1 Å². The number of rotatable bonds is 6. The highest BCUT2D eigenvalue weighted by Gasteiger charge is 2.16. The van der Waals surface area contributed by atoms with E-state index in [4.69, 9.17) is 4.42 Å². The predicted molar refractivity (Wildman–Crippen MR) is 107 cm³/mol. The molecular weight excluding hydrogens is 376 g/mol. The number of halogens is 2. The molecule has 0 aliphatic carbocycles. The van der Waals surface area contributed by atoms with Crippen LogP contribution in [-0.4, -0.2) is 24.5 Å². The Labute approximate surface area is 166 Å². The highest BCUT2D eigenvalue weighted by Crippen LogP contribution is 2.30. The van der Waals surface area contributed by atoms with Crippen LogP contribution in [0.2, 0.25) is 0 Å². The number of amides is 1. The molecule has 0 unspecified atom stereocenters. The van der Waals surface area contributed by atoms with Crippen molar-refractivity contribution in [3.05, 3.63) is 78.1 Å². The number of carbonyl (C=O) groups is 1. The molecule has 0 saturated carbocycles. The summed E-state index contributed by atoms with van der Waals surface area (Å²) in [5.74, 6) is 0.0306. The first-order valence-corrected chi connectivity index (χ1v) is 9.17. The molecule has 29 heavy (non-hydrogen) atoms. The number of hydrogen-bond donors (Lipinski definition) is 0. The van der Waals surface area contributed by atoms with E-state index in [1.54, 1.807) is 30.3 Å². The molecule has 0 spiro atoms. The molecule has 0 aliphatic heterocycles. The third-order valence-corrected chi connectivity index (χ3v) is 4.88. The number of hydrogen-bond acceptors (Lipinski definition) is 3. The third-order valence-electron chi connectivity index (χ3n) is 4.88. The molecule has 4 rings (SSSR count). The highest BCUT2D eigenvalue weighted by molar-refractivity contribution is 6.08. The van der Waals surface area contributed by atoms with Crippen molar-refractivity contribution in [2.75, 3.05) is 7.05 Å². The average Bonchev–Trinajstić information content (AvgIpc) is 3.12. The summed E-state index contributed by atoms with van der Waals surface area (Å²) < 4.78 is 34.5. The lowest BCUT2D eigenvalue weighted by molar-refractivity contribution is -0.129. The van der Waals surface area contributed by atoms with Gasteiger partial charge in [0.05, 0.1) is 12.7 Å². The fourth-order valence-corrected chi connectivity index (χ4v) is 3.44. The molecule has 0 aliphatic rings. The van der Waals surface area contributed by atoms with Gasteiger partial charge in [0.25, 0.3) is 0 Å². The number of ether oxygens (including phenoxy) is 1. The number of nitrogens with zero attached hydrogens (tertiary/aromatic N) is 1. The molecule has 4 aromatic rings. The lowest BCUT2D eigenvalue weighted by atomic mass is 10.0. The molecule has 6 heteroatoms. The van der Waals surface area contributed by atoms with Crippen LogP contribution in [0.15, 0.2) is 71.3 Å². The van der Waals surface area contributed by atoms with Crippen LogP contribution in [0.3, 0.4) is 0 Å². The van der Waals surface area contributed by atoms with Crippen molar-refractivity contribution in [3.8, 4) is 5.75 Å². The van der Waals surface area contributed by atoms with Crippen molar-refractivity contribution in [1.82, 2.24) is 4.90 Å². The SMILES string of the molecule is CN(Cc1ccc(OC(F)F)cc1)C(=O)Cc1coc2ccc3ccccc3c12. The van der Waals surface area contributed by atoms with Crippen LogP contribution < -0.4 is 4.74 Å². The second kappa shape index (κ2) is 7.91. The minimum Gasteiger partial charge on any atom is -0.464 e. The maximum Gasteiger partial charge on any atom is 0.387 e. The molecule has 0 atom stereocenters. The zero-order chi connectivity index (χ0) is 20.4. The van der Waals surface area contributed by atoms with Crippen molar-refractivity contribution in [2.24, 2.45) is 0 Å². The summed E-state index contributed by atoms with van der Waals surface area (Å²) in [5, 5.41) is 3.10. The van der Waals surface area contributed by atoms with Crippen LogP contribution >= 0.6 is 0 Å². The quantitative estimate of drug-likeness (QED) is 0.440. The van der Waals surface area contributed by atoms with Gasteiger partial charge in [-0.05, 0) is 34.5 Å². The highest BCUT2D eigenvalue weighted by atomic mass is 19.3. The van der Waals surface area contributed by atoms with Gasteiger partial charge in [0.2, 0.25) is 5.91 Å². The summed E-state index contributed by atoms with van der Waals surface area (Å²) >= 11 is 0. The monoisotopic (exact) mass is 395 g/mol. The summed E-state index contributed by atoms with van der Waals surface area (Å²) in [6.45, 7) is -2.49. The fraction of sp³-hybridized carbons (Fsp3) is 0.174. The Kier molecular flexibility index (Phi) is 5.16. The number of fused-ring (bicyclic) bond motifs is 3. The molecule has 3 aromatic carbocycles. The summed E-state index contributed by atoms with van der Waals surface area (Å²) in [5.41, 5.74) is 2.42. The average molecular weight is 395 g/mol. The van der Waals surface area contributed by atoms with Gasteiger partial charge in [-0.3, -0.25) is 4.79 Å². The topological polar surface area (TPSA) is 42.7 Å². The molecule has 4 nitrogen and oxygen atoms in total. The molecular formula is C23H19F2NO3. The number of benzene rings is 3. The Morgan fingerprint density at radius 1 is 1.07 bits per heavy atom. The van der Waals surface area contributed by atoms with Crippen LogP contribution in [0.25, 0.3) is 21.7 Å². The van der Waals surface area contributed by atoms with Crippen LogP contribution in [0.1, 0.15) is 11.1 Å². The summed E-state index contributed by atoms with van der Waals surface area (Å²) in [7, 11) is 1.71. The first-order valence-electron chi connectivity index (χ1n) is 9.17. The van der Waals surface area contributed by atoms with E-state index >= 15 is 0 Å². The third kappa shape index (κ3) is 4.06. The molecule has 1 heterocycles. The van der Waals surface area contributed by atoms with E-state index in [0.29, 0.717) is 6.54 Å². The van der Waals surface area contributed by atoms with E-state index in [-0.39, 0.29) is 18.1 Å². The van der Waals surface area contributed by atoms with Crippen molar-refractivity contribution in [3.63, 3.8) is 0 Å². The molecule has 1 aromatic heterocycles. The van der Waals surface area contributed by atoms with Crippen molar-refractivity contribution >= 4 is 27.6 Å². The summed E-state index contributed by atoms with van der Waals surface area (Å²) in [4.78, 5) is 14.4. The van der Waals surface area contributed by atoms with E-state index in [1.807, 2.05) is 36.4 Å². The van der Waals surface area contributed by atoms with Crippen molar-refractivity contribution in [1.29, 1.82) is 0 Å². The number of furan rings is 1. The minimum atomic E-state index is -2.86. The second-order valence-electron chi connectivity index (χ2n) is 6.87. The molecule has 0 fully saturated rings. The van der Waals surface area contributed by atoms with Crippen molar-refractivity contribution < 1.29 is 22.7 Å². The van der Waals surface area contributed by atoms with Crippen LogP contribution in [-0.2, 0) is 17.8 Å². The van der Waals surface area contributed by atoms with Crippen LogP contribution in [0.5, 0.6) is 5.75 Å². The lowest BCUT2D eigenvalue weighted by Crippen LogP contribution is -2.27. The number of likely N-dealkylation sites (N-methyl/N-ethyl adjacent to an activating group) is 1. The fourth-order valence-electron chi connectivity index (χ4n) is 3.44. The van der Waals surface area contributed by atoms with Gasteiger partial charge >= 0.3 is 6.61 Å². The van der Waals surface area contributed by atoms with Gasteiger partial charge in [0.15, 0.2) is 0 Å². The zero-order valence-corrected chi connectivity index (χ0v) is 15.8. The maximum absolute atomic E-state index is 12.8. The minimum absolute atomic E-state index is 0.0615. The van der Waals surface area contributed by atoms with Crippen molar-refractivity contribution in [2.45, 2.75) is 19.6 Å². The van der Waals surface area contributed by atoms with Crippen LogP contribution in [0.4, 0.5) is 8.78 Å². The largest absolute Gasteiger partial charge is 0.464 e. The predicted octanol–water partition coefficient (Wildman–Crippen LogP) is 5.39. The molecule has 0 bridgehead atoms. The van der Waals surface area contributed by atoms with Gasteiger partial charge in [-0.15, -0.1) is 0 Å². The molecule has 0 radical (unpaired) electrons. The summed E-state index contributed by atoms with van der Waals surface area (Å²) in [6, 6.07) is 18.2. The molecule has 1 amide bonds. The van der Waals surface area contributed by atoms with Gasteiger partial charge in [0.1, 0.15) is 11.3 Å². The smallest absolute Gasteiger partial charge is 0.387 e. The Hall–Kier alpha value is -3.41. The van der Waals surface area contributed by atoms with Gasteiger partial charge in [-0.2, -0.15) is 8.78 Å². The maximum atomic E-state index is 12.8. The van der Waals surface area contributed by atoms with Gasteiger partial charge in [-0.25, -0.2) is 0 Å². The van der Waals surface area contributed by atoms with E-state index in [1.165, 1.54) is 12.1 Å². The van der Waals surface area contributed by atoms with Crippen LogP contribution in [0, 0.1) is 0 Å². The number of carbonyl (C=O) groups excluding carboxylic acids is 1. The molecule has 0 N–H and O–H groups in total. The first-order chi connectivity index (χ1) is 14.0. The Morgan fingerprint density at radius 2 is 1.83 bits per heavy atom. The first kappa shape index (κ1) is 18.9. The Bertz CT molecular complexity index is 1150. The lowest BCUT2D eigenvalue weighted by Gasteiger charge is -2.17. The van der Waals surface area contributed by atoms with E-state index in [9.17, 15) is 13.6 Å². The zero-order valence-electron chi connectivity index (χ0n) is 15.8. The molecule has 148 valence electrons.